The van der Waals surface area contributed by atoms with Crippen molar-refractivity contribution in [2.45, 2.75) is 25.2 Å². The van der Waals surface area contributed by atoms with E-state index in [0.717, 1.165) is 73.5 Å². The van der Waals surface area contributed by atoms with E-state index in [-0.39, 0.29) is 0 Å². The first-order chi connectivity index (χ1) is 17.8. The van der Waals surface area contributed by atoms with Gasteiger partial charge in [-0.3, -0.25) is 4.98 Å². The summed E-state index contributed by atoms with van der Waals surface area (Å²) in [4.78, 5) is 24.0. The molecule has 0 spiro atoms. The summed E-state index contributed by atoms with van der Waals surface area (Å²) >= 11 is 0. The maximum absolute atomic E-state index is 5.11. The lowest BCUT2D eigenvalue weighted by molar-refractivity contribution is 0.589. The van der Waals surface area contributed by atoms with Gasteiger partial charge >= 0.3 is 0 Å². The molecule has 2 saturated heterocycles. The van der Waals surface area contributed by atoms with Gasteiger partial charge in [0.2, 0.25) is 0 Å². The molecule has 2 N–H and O–H groups in total. The fourth-order valence-corrected chi connectivity index (χ4v) is 5.17. The van der Waals surface area contributed by atoms with E-state index in [0.29, 0.717) is 5.92 Å². The quantitative estimate of drug-likeness (QED) is 0.424. The van der Waals surface area contributed by atoms with Crippen LogP contribution in [0.2, 0.25) is 0 Å². The van der Waals surface area contributed by atoms with Crippen LogP contribution in [0.5, 0.6) is 0 Å². The van der Waals surface area contributed by atoms with E-state index >= 15 is 0 Å². The second-order valence-electron chi connectivity index (χ2n) is 9.95. The zero-order valence-electron chi connectivity index (χ0n) is 20.3. The number of piperazine rings is 1. The van der Waals surface area contributed by atoms with Crippen LogP contribution < -0.4 is 20.4 Å². The first-order valence-corrected chi connectivity index (χ1v) is 13.0. The minimum absolute atomic E-state index is 0.601. The molecule has 3 aliphatic rings. The first-order valence-electron chi connectivity index (χ1n) is 13.0. The molecular weight excluding hydrogens is 448 g/mol. The predicted octanol–water partition coefficient (Wildman–Crippen LogP) is 4.33. The van der Waals surface area contributed by atoms with Gasteiger partial charge in [0.25, 0.3) is 0 Å². The molecule has 8 heteroatoms. The predicted molar refractivity (Wildman–Crippen MR) is 144 cm³/mol. The van der Waals surface area contributed by atoms with Gasteiger partial charge in [-0.15, -0.1) is 0 Å². The third-order valence-electron chi connectivity index (χ3n) is 7.41. The van der Waals surface area contributed by atoms with Crippen LogP contribution in [-0.4, -0.2) is 59.2 Å². The highest BCUT2D eigenvalue weighted by molar-refractivity contribution is 5.94. The van der Waals surface area contributed by atoms with Crippen molar-refractivity contribution in [1.29, 1.82) is 0 Å². The summed E-state index contributed by atoms with van der Waals surface area (Å²) in [7, 11) is 0. The second-order valence-corrected chi connectivity index (χ2v) is 9.95. The molecule has 0 bridgehead atoms. The Hall–Kier alpha value is -3.78. The summed E-state index contributed by atoms with van der Waals surface area (Å²) in [5.74, 6) is 3.16. The number of benzene rings is 1. The standard InChI is InChI=1S/C28H30N8/c1-3-21(16-22(4-1)35-13-9-29-10-14-35)32-25-15-20(7-8-31-25)27-33-24-18-30-17-23(19-5-6-19)26(24)28(34-27)36-11-2-12-36/h1,3-4,7-8,15-19,29H,2,5-6,9-14H2,(H,31,32). The molecule has 4 aromatic rings. The number of hydrogen-bond donors (Lipinski definition) is 2. The van der Waals surface area contributed by atoms with Crippen LogP contribution in [0.25, 0.3) is 22.3 Å². The zero-order valence-corrected chi connectivity index (χ0v) is 20.3. The van der Waals surface area contributed by atoms with E-state index in [1.165, 1.54) is 35.9 Å². The Kier molecular flexibility index (Phi) is 5.39. The molecule has 36 heavy (non-hydrogen) atoms. The maximum atomic E-state index is 5.11. The Morgan fingerprint density at radius 3 is 2.61 bits per heavy atom. The number of rotatable bonds is 6. The lowest BCUT2D eigenvalue weighted by Gasteiger charge is -2.33. The van der Waals surface area contributed by atoms with Gasteiger partial charge in [-0.1, -0.05) is 6.07 Å². The van der Waals surface area contributed by atoms with Gasteiger partial charge in [0, 0.05) is 74.0 Å². The SMILES string of the molecule is c1cc(Nc2cc(-c3nc(N4CCC4)c4c(C5CC5)cncc4n3)ccn2)cc(N2CCNCC2)c1. The summed E-state index contributed by atoms with van der Waals surface area (Å²) in [5, 5.41) is 8.09. The lowest BCUT2D eigenvalue weighted by Crippen LogP contribution is -2.43. The number of hydrogen-bond acceptors (Lipinski definition) is 8. The lowest BCUT2D eigenvalue weighted by atomic mass is 10.1. The molecule has 8 nitrogen and oxygen atoms in total. The number of aromatic nitrogens is 4. The van der Waals surface area contributed by atoms with Gasteiger partial charge < -0.3 is 20.4 Å². The summed E-state index contributed by atoms with van der Waals surface area (Å²) in [6, 6.07) is 12.6. The average Bonchev–Trinajstić information content (AvgIpc) is 3.74. The van der Waals surface area contributed by atoms with Crippen molar-refractivity contribution in [3.8, 4) is 11.4 Å². The van der Waals surface area contributed by atoms with Crippen LogP contribution in [0, 0.1) is 0 Å². The van der Waals surface area contributed by atoms with E-state index in [1.54, 1.807) is 0 Å². The Bertz CT molecular complexity index is 1410. The highest BCUT2D eigenvalue weighted by Crippen LogP contribution is 2.45. The van der Waals surface area contributed by atoms with Gasteiger partial charge in [-0.2, -0.15) is 0 Å². The Labute approximate surface area is 210 Å². The van der Waals surface area contributed by atoms with Gasteiger partial charge in [-0.25, -0.2) is 15.0 Å². The van der Waals surface area contributed by atoms with Crippen LogP contribution in [0.15, 0.2) is 55.0 Å². The average molecular weight is 479 g/mol. The molecule has 1 aliphatic carbocycles. The minimum atomic E-state index is 0.601. The molecule has 5 heterocycles. The van der Waals surface area contributed by atoms with Gasteiger partial charge in [0.15, 0.2) is 5.82 Å². The second kappa shape index (κ2) is 9.02. The van der Waals surface area contributed by atoms with Crippen molar-refractivity contribution in [3.05, 3.63) is 60.6 Å². The molecule has 0 unspecified atom stereocenters. The number of pyridine rings is 2. The monoisotopic (exact) mass is 478 g/mol. The van der Waals surface area contributed by atoms with Crippen LogP contribution in [0.3, 0.4) is 0 Å². The Balaban J connectivity index is 1.22. The smallest absolute Gasteiger partial charge is 0.162 e. The van der Waals surface area contributed by atoms with E-state index in [4.69, 9.17) is 9.97 Å². The first kappa shape index (κ1) is 21.5. The highest BCUT2D eigenvalue weighted by Gasteiger charge is 2.30. The van der Waals surface area contributed by atoms with Gasteiger partial charge in [0.05, 0.1) is 11.7 Å². The number of fused-ring (bicyclic) bond motifs is 1. The molecule has 0 atom stereocenters. The summed E-state index contributed by atoms with van der Waals surface area (Å²) in [6.07, 6.45) is 9.41. The third-order valence-corrected chi connectivity index (χ3v) is 7.41. The summed E-state index contributed by atoms with van der Waals surface area (Å²) in [5.41, 5.74) is 5.44. The molecule has 3 fully saturated rings. The maximum Gasteiger partial charge on any atom is 0.162 e. The molecule has 1 saturated carbocycles. The topological polar surface area (TPSA) is 82.1 Å². The fourth-order valence-electron chi connectivity index (χ4n) is 5.17. The summed E-state index contributed by atoms with van der Waals surface area (Å²) < 4.78 is 0. The molecule has 0 radical (unpaired) electrons. The van der Waals surface area contributed by atoms with Crippen LogP contribution in [0.4, 0.5) is 23.0 Å². The van der Waals surface area contributed by atoms with E-state index in [1.807, 2.05) is 30.7 Å². The molecular formula is C28H30N8. The van der Waals surface area contributed by atoms with E-state index in [2.05, 4.69) is 54.7 Å². The molecule has 3 aromatic heterocycles. The van der Waals surface area contributed by atoms with Gasteiger partial charge in [0.1, 0.15) is 11.6 Å². The van der Waals surface area contributed by atoms with Crippen LogP contribution in [-0.2, 0) is 0 Å². The molecule has 0 amide bonds. The van der Waals surface area contributed by atoms with Gasteiger partial charge in [-0.05, 0) is 61.1 Å². The molecule has 182 valence electrons. The number of nitrogens with zero attached hydrogens (tertiary/aromatic N) is 6. The van der Waals surface area contributed by atoms with Crippen molar-refractivity contribution in [3.63, 3.8) is 0 Å². The number of anilines is 4. The highest BCUT2D eigenvalue weighted by atomic mass is 15.2. The molecule has 7 rings (SSSR count). The molecule has 2 aliphatic heterocycles. The van der Waals surface area contributed by atoms with Crippen LogP contribution >= 0.6 is 0 Å². The largest absolute Gasteiger partial charge is 0.369 e. The Morgan fingerprint density at radius 2 is 1.81 bits per heavy atom. The fraction of sp³-hybridized carbons (Fsp3) is 0.357. The summed E-state index contributed by atoms with van der Waals surface area (Å²) in [6.45, 7) is 6.17. The van der Waals surface area contributed by atoms with Crippen LogP contribution in [0.1, 0.15) is 30.7 Å². The zero-order chi connectivity index (χ0) is 23.9. The van der Waals surface area contributed by atoms with Crippen molar-refractivity contribution >= 4 is 33.9 Å². The van der Waals surface area contributed by atoms with E-state index in [9.17, 15) is 0 Å². The van der Waals surface area contributed by atoms with Crippen molar-refractivity contribution in [2.24, 2.45) is 0 Å². The van der Waals surface area contributed by atoms with Crippen molar-refractivity contribution < 1.29 is 0 Å². The van der Waals surface area contributed by atoms with Crippen molar-refractivity contribution in [2.75, 3.05) is 54.4 Å². The Morgan fingerprint density at radius 1 is 0.917 bits per heavy atom. The number of nitrogens with one attached hydrogen (secondary N) is 2. The molecule has 1 aromatic carbocycles. The van der Waals surface area contributed by atoms with Crippen molar-refractivity contribution in [1.82, 2.24) is 25.3 Å². The normalized spacial score (nSPS) is 17.8. The minimum Gasteiger partial charge on any atom is -0.369 e. The van der Waals surface area contributed by atoms with E-state index < -0.39 is 0 Å². The third kappa shape index (κ3) is 4.11.